The maximum absolute atomic E-state index is 12.5. The molecule has 27 heavy (non-hydrogen) atoms. The number of hydrogen-bond acceptors (Lipinski definition) is 7. The average molecular weight is 389 g/mol. The molecule has 4 rings (SSSR count). The molecule has 0 fully saturated rings. The third kappa shape index (κ3) is 3.09. The minimum absolute atomic E-state index is 0.127. The number of nitrogens with zero attached hydrogens (tertiary/aromatic N) is 4. The number of aryl methyl sites for hydroxylation is 2. The minimum Gasteiger partial charge on any atom is -0.354 e. The normalized spacial score (nSPS) is 17.0. The number of nitrogens with one attached hydrogen (secondary N) is 1. The summed E-state index contributed by atoms with van der Waals surface area (Å²) in [6.07, 6.45) is 2.95. The minimum atomic E-state index is -0.508. The van der Waals surface area contributed by atoms with Gasteiger partial charge >= 0.3 is 0 Å². The van der Waals surface area contributed by atoms with Crippen LogP contribution in [0.3, 0.4) is 0 Å². The van der Waals surface area contributed by atoms with Crippen molar-refractivity contribution in [1.29, 1.82) is 0 Å². The van der Waals surface area contributed by atoms with Gasteiger partial charge in [0, 0.05) is 19.1 Å². The fourth-order valence-electron chi connectivity index (χ4n) is 3.70. The Labute approximate surface area is 160 Å². The van der Waals surface area contributed by atoms with Gasteiger partial charge in [-0.05, 0) is 37.7 Å². The molecule has 3 aromatic rings. The zero-order chi connectivity index (χ0) is 19.1. The number of fused-ring (bicyclic) bond motifs is 5. The molecule has 0 bridgehead atoms. The van der Waals surface area contributed by atoms with Gasteiger partial charge in [0.25, 0.3) is 5.91 Å². The van der Waals surface area contributed by atoms with Gasteiger partial charge in [0.05, 0.1) is 11.9 Å². The van der Waals surface area contributed by atoms with Gasteiger partial charge < -0.3 is 14.8 Å². The maximum atomic E-state index is 12.5. The first-order valence-electron chi connectivity index (χ1n) is 9.06. The lowest BCUT2D eigenvalue weighted by molar-refractivity contribution is -0.0974. The summed E-state index contributed by atoms with van der Waals surface area (Å²) in [7, 11) is 3.05. The zero-order valence-electron chi connectivity index (χ0n) is 15.9. The van der Waals surface area contributed by atoms with E-state index in [1.807, 2.05) is 6.92 Å². The van der Waals surface area contributed by atoms with E-state index in [9.17, 15) is 4.79 Å². The molecule has 0 aromatic carbocycles. The van der Waals surface area contributed by atoms with Gasteiger partial charge in [-0.1, -0.05) is 6.92 Å². The van der Waals surface area contributed by atoms with Crippen LogP contribution in [0.2, 0.25) is 0 Å². The molecule has 0 radical (unpaired) electrons. The molecule has 144 valence electrons. The second-order valence-corrected chi connectivity index (χ2v) is 7.94. The van der Waals surface area contributed by atoms with Crippen LogP contribution in [0.5, 0.6) is 0 Å². The van der Waals surface area contributed by atoms with Gasteiger partial charge in [0.15, 0.2) is 11.9 Å². The van der Waals surface area contributed by atoms with E-state index in [4.69, 9.17) is 14.5 Å². The molecule has 1 N–H and O–H groups in total. The second-order valence-electron chi connectivity index (χ2n) is 6.85. The van der Waals surface area contributed by atoms with E-state index in [-0.39, 0.29) is 18.3 Å². The Morgan fingerprint density at radius 1 is 1.37 bits per heavy atom. The lowest BCUT2D eigenvalue weighted by Gasteiger charge is -2.18. The van der Waals surface area contributed by atoms with E-state index in [1.165, 1.54) is 31.1 Å². The Morgan fingerprint density at radius 3 is 2.89 bits per heavy atom. The van der Waals surface area contributed by atoms with Crippen molar-refractivity contribution in [2.75, 3.05) is 20.8 Å². The van der Waals surface area contributed by atoms with E-state index >= 15 is 0 Å². The van der Waals surface area contributed by atoms with E-state index in [0.717, 1.165) is 28.9 Å². The summed E-state index contributed by atoms with van der Waals surface area (Å²) in [5.74, 6) is 0.958. The molecule has 9 heteroatoms. The van der Waals surface area contributed by atoms with Crippen molar-refractivity contribution in [2.24, 2.45) is 0 Å². The van der Waals surface area contributed by atoms with Gasteiger partial charge in [-0.25, -0.2) is 9.97 Å². The molecule has 1 unspecified atom stereocenters. The quantitative estimate of drug-likeness (QED) is 0.674. The predicted molar refractivity (Wildman–Crippen MR) is 102 cm³/mol. The van der Waals surface area contributed by atoms with Crippen LogP contribution < -0.4 is 5.32 Å². The smallest absolute Gasteiger partial charge is 0.291 e. The van der Waals surface area contributed by atoms with E-state index in [1.54, 1.807) is 15.9 Å². The van der Waals surface area contributed by atoms with Gasteiger partial charge in [-0.2, -0.15) is 4.52 Å². The molecule has 0 aliphatic heterocycles. The average Bonchev–Trinajstić information content (AvgIpc) is 3.24. The van der Waals surface area contributed by atoms with Crippen LogP contribution in [0.25, 0.3) is 15.9 Å². The monoisotopic (exact) mass is 389 g/mol. The van der Waals surface area contributed by atoms with Gasteiger partial charge in [0.1, 0.15) is 10.7 Å². The zero-order valence-corrected chi connectivity index (χ0v) is 16.7. The van der Waals surface area contributed by atoms with Crippen LogP contribution in [-0.4, -0.2) is 52.5 Å². The van der Waals surface area contributed by atoms with Crippen molar-refractivity contribution in [3.63, 3.8) is 0 Å². The maximum Gasteiger partial charge on any atom is 0.291 e. The highest BCUT2D eigenvalue weighted by Gasteiger charge is 2.27. The molecule has 3 heterocycles. The van der Waals surface area contributed by atoms with Crippen LogP contribution in [0.4, 0.5) is 0 Å². The Bertz CT molecular complexity index is 1010. The molecule has 0 spiro atoms. The van der Waals surface area contributed by atoms with Crippen molar-refractivity contribution in [3.05, 3.63) is 22.1 Å². The van der Waals surface area contributed by atoms with Crippen LogP contribution in [0.15, 0.2) is 0 Å². The Morgan fingerprint density at radius 2 is 2.15 bits per heavy atom. The molecule has 1 aliphatic carbocycles. The number of hydrogen-bond donors (Lipinski definition) is 1. The first-order valence-corrected chi connectivity index (χ1v) is 9.87. The van der Waals surface area contributed by atoms with Gasteiger partial charge in [-0.15, -0.1) is 16.4 Å². The molecular formula is C18H23N5O3S. The molecule has 1 amide bonds. The topological polar surface area (TPSA) is 90.6 Å². The molecule has 1 atom stereocenters. The molecular weight excluding hydrogens is 366 g/mol. The lowest BCUT2D eigenvalue weighted by atomic mass is 9.87. The molecule has 3 aromatic heterocycles. The number of amides is 1. The number of carbonyl (C=O) groups is 1. The van der Waals surface area contributed by atoms with Crippen molar-refractivity contribution in [3.8, 4) is 0 Å². The van der Waals surface area contributed by atoms with E-state index in [2.05, 4.69) is 22.3 Å². The lowest BCUT2D eigenvalue weighted by Crippen LogP contribution is -2.34. The van der Waals surface area contributed by atoms with Crippen LogP contribution in [0.1, 0.15) is 52.6 Å². The summed E-state index contributed by atoms with van der Waals surface area (Å²) in [4.78, 5) is 24.2. The number of aromatic nitrogens is 4. The number of thiophene rings is 1. The Balaban J connectivity index is 1.77. The second kappa shape index (κ2) is 7.14. The highest BCUT2D eigenvalue weighted by molar-refractivity contribution is 7.19. The summed E-state index contributed by atoms with van der Waals surface area (Å²) in [5, 5.41) is 8.20. The van der Waals surface area contributed by atoms with E-state index in [0.29, 0.717) is 11.6 Å². The summed E-state index contributed by atoms with van der Waals surface area (Å²) in [6, 6.07) is 0. The fourth-order valence-corrected chi connectivity index (χ4v) is 5.07. The largest absolute Gasteiger partial charge is 0.354 e. The number of ether oxygens (including phenoxy) is 2. The highest BCUT2D eigenvalue weighted by atomic mass is 32.1. The van der Waals surface area contributed by atoms with E-state index < -0.39 is 6.29 Å². The van der Waals surface area contributed by atoms with Crippen molar-refractivity contribution < 1.29 is 14.3 Å². The van der Waals surface area contributed by atoms with Crippen molar-refractivity contribution >= 4 is 33.1 Å². The third-order valence-corrected chi connectivity index (χ3v) is 6.26. The summed E-state index contributed by atoms with van der Waals surface area (Å²) < 4.78 is 11.9. The third-order valence-electron chi connectivity index (χ3n) is 5.10. The SMILES string of the molecule is COC(CNC(=O)c1nc2c3c4c(sc3nc(C)n2n1)CCCC4C)OC. The molecule has 1 aliphatic rings. The predicted octanol–water partition coefficient (Wildman–Crippen LogP) is 2.44. The van der Waals surface area contributed by atoms with Crippen LogP contribution in [0, 0.1) is 6.92 Å². The molecule has 8 nitrogen and oxygen atoms in total. The van der Waals surface area contributed by atoms with Gasteiger partial charge in [0.2, 0.25) is 5.82 Å². The summed E-state index contributed by atoms with van der Waals surface area (Å²) in [5.41, 5.74) is 2.04. The summed E-state index contributed by atoms with van der Waals surface area (Å²) >= 11 is 1.74. The number of rotatable bonds is 5. The Kier molecular flexibility index (Phi) is 4.83. The van der Waals surface area contributed by atoms with Crippen LogP contribution >= 0.6 is 11.3 Å². The first kappa shape index (κ1) is 18.3. The highest BCUT2D eigenvalue weighted by Crippen LogP contribution is 2.42. The van der Waals surface area contributed by atoms with Crippen molar-refractivity contribution in [1.82, 2.24) is 24.9 Å². The summed E-state index contributed by atoms with van der Waals surface area (Å²) in [6.45, 7) is 4.36. The fraction of sp³-hybridized carbons (Fsp3) is 0.556. The first-order chi connectivity index (χ1) is 13.0. The number of methoxy groups -OCH3 is 2. The van der Waals surface area contributed by atoms with Gasteiger partial charge in [-0.3, -0.25) is 4.79 Å². The molecule has 0 saturated heterocycles. The number of carbonyl (C=O) groups excluding carboxylic acids is 1. The van der Waals surface area contributed by atoms with Crippen LogP contribution in [-0.2, 0) is 15.9 Å². The standard InChI is InChI=1S/C18H23N5O3S/c1-9-6-5-7-11-13(9)14-16-21-15(17(24)19-8-12(25-3)26-4)22-23(16)10(2)20-18(14)27-11/h9,12H,5-8H2,1-4H3,(H,19,24). The van der Waals surface area contributed by atoms with Crippen molar-refractivity contribution in [2.45, 2.75) is 45.3 Å². The molecule has 0 saturated carbocycles. The Hall–Kier alpha value is -2.10.